The van der Waals surface area contributed by atoms with Crippen LogP contribution in [0, 0.1) is 5.82 Å². The van der Waals surface area contributed by atoms with Crippen molar-refractivity contribution in [2.75, 3.05) is 13.2 Å². The molecule has 0 N–H and O–H groups in total. The van der Waals surface area contributed by atoms with Gasteiger partial charge in [-0.15, -0.1) is 0 Å². The molecule has 0 aliphatic carbocycles. The molecule has 1 aromatic rings. The highest BCUT2D eigenvalue weighted by molar-refractivity contribution is 7.85. The third-order valence-corrected chi connectivity index (χ3v) is 4.29. The summed E-state index contributed by atoms with van der Waals surface area (Å²) in [5.41, 5.74) is 0. The zero-order valence-corrected chi connectivity index (χ0v) is 9.13. The first-order valence-corrected chi connectivity index (χ1v) is 6.22. The number of benzene rings is 1. The molecular formula is C11H13FO2S. The second-order valence-corrected chi connectivity index (χ2v) is 5.30. The minimum Gasteiger partial charge on any atom is -0.381 e. The molecule has 1 atom stereocenters. The first-order chi connectivity index (χ1) is 7.27. The van der Waals surface area contributed by atoms with Crippen molar-refractivity contribution in [1.29, 1.82) is 0 Å². The lowest BCUT2D eigenvalue weighted by molar-refractivity contribution is 0.0992. The molecule has 15 heavy (non-hydrogen) atoms. The van der Waals surface area contributed by atoms with Gasteiger partial charge in [-0.2, -0.15) is 0 Å². The lowest BCUT2D eigenvalue weighted by Gasteiger charge is -2.21. The molecule has 1 unspecified atom stereocenters. The second kappa shape index (κ2) is 4.86. The molecule has 4 heteroatoms. The Morgan fingerprint density at radius 1 is 1.33 bits per heavy atom. The van der Waals surface area contributed by atoms with Crippen molar-refractivity contribution in [2.24, 2.45) is 0 Å². The summed E-state index contributed by atoms with van der Waals surface area (Å²) in [6.07, 6.45) is 1.59. The van der Waals surface area contributed by atoms with E-state index >= 15 is 0 Å². The van der Waals surface area contributed by atoms with Crippen molar-refractivity contribution in [3.8, 4) is 0 Å². The molecule has 1 saturated heterocycles. The van der Waals surface area contributed by atoms with Crippen molar-refractivity contribution >= 4 is 10.8 Å². The van der Waals surface area contributed by atoms with E-state index in [1.165, 1.54) is 12.1 Å². The molecule has 2 rings (SSSR count). The summed E-state index contributed by atoms with van der Waals surface area (Å²) in [4.78, 5) is 0.585. The van der Waals surface area contributed by atoms with E-state index < -0.39 is 10.8 Å². The molecule has 1 aliphatic heterocycles. The van der Waals surface area contributed by atoms with E-state index in [-0.39, 0.29) is 11.1 Å². The van der Waals surface area contributed by atoms with Crippen molar-refractivity contribution < 1.29 is 13.3 Å². The van der Waals surface area contributed by atoms with Crippen LogP contribution in [-0.2, 0) is 15.5 Å². The van der Waals surface area contributed by atoms with Gasteiger partial charge in [0.25, 0.3) is 0 Å². The van der Waals surface area contributed by atoms with Crippen molar-refractivity contribution in [3.05, 3.63) is 30.1 Å². The normalized spacial score (nSPS) is 20.1. The highest BCUT2D eigenvalue weighted by atomic mass is 32.2. The molecular weight excluding hydrogens is 215 g/mol. The summed E-state index contributed by atoms with van der Waals surface area (Å²) in [7, 11) is -1.10. The fourth-order valence-electron chi connectivity index (χ4n) is 1.67. The fraction of sp³-hybridized carbons (Fsp3) is 0.455. The van der Waals surface area contributed by atoms with Crippen LogP contribution in [0.5, 0.6) is 0 Å². The van der Waals surface area contributed by atoms with Crippen LogP contribution in [0.4, 0.5) is 4.39 Å². The van der Waals surface area contributed by atoms with Gasteiger partial charge in [-0.25, -0.2) is 4.39 Å². The molecule has 0 radical (unpaired) electrons. The lowest BCUT2D eigenvalue weighted by atomic mass is 10.2. The molecule has 0 saturated carbocycles. The summed E-state index contributed by atoms with van der Waals surface area (Å²) in [6, 6.07) is 6.03. The monoisotopic (exact) mass is 228 g/mol. The van der Waals surface area contributed by atoms with Crippen molar-refractivity contribution in [1.82, 2.24) is 0 Å². The van der Waals surface area contributed by atoms with Crippen LogP contribution in [0.2, 0.25) is 0 Å². The predicted octanol–water partition coefficient (Wildman–Crippen LogP) is 2.11. The number of halogens is 1. The van der Waals surface area contributed by atoms with Crippen LogP contribution in [0.15, 0.2) is 29.2 Å². The maximum Gasteiger partial charge on any atom is 0.124 e. The smallest absolute Gasteiger partial charge is 0.124 e. The van der Waals surface area contributed by atoms with E-state index in [0.29, 0.717) is 18.1 Å². The summed E-state index contributed by atoms with van der Waals surface area (Å²) >= 11 is 0. The molecule has 1 heterocycles. The molecule has 1 aliphatic rings. The third kappa shape index (κ3) is 2.63. The Morgan fingerprint density at radius 3 is 2.73 bits per heavy atom. The lowest BCUT2D eigenvalue weighted by Crippen LogP contribution is -2.24. The van der Waals surface area contributed by atoms with Gasteiger partial charge in [-0.05, 0) is 31.0 Å². The van der Waals surface area contributed by atoms with Gasteiger partial charge in [0.15, 0.2) is 0 Å². The van der Waals surface area contributed by atoms with Crippen LogP contribution in [0.25, 0.3) is 0 Å². The Hall–Kier alpha value is -0.740. The highest BCUT2D eigenvalue weighted by Gasteiger charge is 2.21. The molecule has 0 spiro atoms. The van der Waals surface area contributed by atoms with Crippen molar-refractivity contribution in [3.63, 3.8) is 0 Å². The molecule has 1 aromatic carbocycles. The number of hydrogen-bond acceptors (Lipinski definition) is 2. The maximum atomic E-state index is 12.9. The van der Waals surface area contributed by atoms with E-state index in [4.69, 9.17) is 4.74 Å². The minimum absolute atomic E-state index is 0.112. The van der Waals surface area contributed by atoms with E-state index in [0.717, 1.165) is 12.8 Å². The van der Waals surface area contributed by atoms with Gasteiger partial charge >= 0.3 is 0 Å². The average Bonchev–Trinajstić information content (AvgIpc) is 2.29. The first kappa shape index (κ1) is 10.8. The summed E-state index contributed by atoms with van der Waals surface area (Å²) in [6.45, 7) is 1.32. The standard InChI is InChI=1S/C11H13FO2S/c12-9-2-1-3-11(8-9)15(13)10-4-6-14-7-5-10/h1-3,8,10H,4-7H2. The summed E-state index contributed by atoms with van der Waals surface area (Å²) in [5.74, 6) is -0.326. The Labute approximate surface area is 90.9 Å². The molecule has 1 fully saturated rings. The third-order valence-electron chi connectivity index (χ3n) is 2.50. The van der Waals surface area contributed by atoms with Gasteiger partial charge in [-0.3, -0.25) is 4.21 Å². The van der Waals surface area contributed by atoms with Crippen LogP contribution < -0.4 is 0 Å². The summed E-state index contributed by atoms with van der Waals surface area (Å²) in [5, 5.41) is 0.112. The quantitative estimate of drug-likeness (QED) is 0.775. The Morgan fingerprint density at radius 2 is 2.07 bits per heavy atom. The Kier molecular flexibility index (Phi) is 3.49. The first-order valence-electron chi connectivity index (χ1n) is 5.01. The topological polar surface area (TPSA) is 26.3 Å². The van der Waals surface area contributed by atoms with Gasteiger partial charge < -0.3 is 4.74 Å². The molecule has 82 valence electrons. The van der Waals surface area contributed by atoms with Gasteiger partial charge in [0.1, 0.15) is 5.82 Å². The Bertz CT molecular complexity index is 361. The fourth-order valence-corrected chi connectivity index (χ4v) is 3.12. The van der Waals surface area contributed by atoms with E-state index in [1.54, 1.807) is 12.1 Å². The van der Waals surface area contributed by atoms with Crippen LogP contribution in [0.1, 0.15) is 12.8 Å². The predicted molar refractivity (Wildman–Crippen MR) is 56.6 cm³/mol. The molecule has 0 bridgehead atoms. The maximum absolute atomic E-state index is 12.9. The number of hydrogen-bond donors (Lipinski definition) is 0. The molecule has 0 amide bonds. The van der Waals surface area contributed by atoms with Gasteiger partial charge in [0.05, 0.1) is 10.8 Å². The molecule has 2 nitrogen and oxygen atoms in total. The number of ether oxygens (including phenoxy) is 1. The minimum atomic E-state index is -1.10. The summed E-state index contributed by atoms with van der Waals surface area (Å²) < 4.78 is 30.2. The highest BCUT2D eigenvalue weighted by Crippen LogP contribution is 2.20. The zero-order valence-electron chi connectivity index (χ0n) is 8.32. The number of rotatable bonds is 2. The van der Waals surface area contributed by atoms with E-state index in [1.807, 2.05) is 0 Å². The van der Waals surface area contributed by atoms with Crippen LogP contribution in [0.3, 0.4) is 0 Å². The van der Waals surface area contributed by atoms with E-state index in [9.17, 15) is 8.60 Å². The second-order valence-electron chi connectivity index (χ2n) is 3.57. The largest absolute Gasteiger partial charge is 0.381 e. The SMILES string of the molecule is O=S(c1cccc(F)c1)C1CCOCC1. The van der Waals surface area contributed by atoms with Gasteiger partial charge in [0, 0.05) is 23.4 Å². The van der Waals surface area contributed by atoms with Crippen molar-refractivity contribution in [2.45, 2.75) is 23.0 Å². The Balaban J connectivity index is 2.12. The zero-order chi connectivity index (χ0) is 10.7. The van der Waals surface area contributed by atoms with Gasteiger partial charge in [0.2, 0.25) is 0 Å². The molecule has 0 aromatic heterocycles. The van der Waals surface area contributed by atoms with Gasteiger partial charge in [-0.1, -0.05) is 6.07 Å². The van der Waals surface area contributed by atoms with Crippen LogP contribution >= 0.6 is 0 Å². The van der Waals surface area contributed by atoms with Crippen LogP contribution in [-0.4, -0.2) is 22.7 Å². The van der Waals surface area contributed by atoms with E-state index in [2.05, 4.69) is 0 Å². The average molecular weight is 228 g/mol.